The molecule has 0 bridgehead atoms. The van der Waals surface area contributed by atoms with Gasteiger partial charge in [0, 0.05) is 0 Å². The van der Waals surface area contributed by atoms with Crippen LogP contribution in [0.3, 0.4) is 0 Å². The fourth-order valence-corrected chi connectivity index (χ4v) is 3.13. The van der Waals surface area contributed by atoms with Crippen LogP contribution < -0.4 is 14.2 Å². The molecule has 2 rings (SSSR count). The lowest BCUT2D eigenvalue weighted by Gasteiger charge is -2.13. The fraction of sp³-hybridized carbons (Fsp3) is 0.286. The van der Waals surface area contributed by atoms with Crippen molar-refractivity contribution >= 4 is 16.0 Å². The summed E-state index contributed by atoms with van der Waals surface area (Å²) < 4.78 is 74.8. The van der Waals surface area contributed by atoms with Gasteiger partial charge in [0.25, 0.3) is 10.0 Å². The van der Waals surface area contributed by atoms with Crippen LogP contribution >= 0.6 is 0 Å². The number of hydrogen-bond acceptors (Lipinski definition) is 6. The van der Waals surface area contributed by atoms with E-state index in [2.05, 4.69) is 14.7 Å². The van der Waals surface area contributed by atoms with E-state index < -0.39 is 21.8 Å². The highest BCUT2D eigenvalue weighted by Crippen LogP contribution is 2.31. The summed E-state index contributed by atoms with van der Waals surface area (Å²) in [5, 5.41) is 0. The van der Waals surface area contributed by atoms with Gasteiger partial charge in [-0.2, -0.15) is 23.1 Å². The highest BCUT2D eigenvalue weighted by atomic mass is 32.2. The summed E-state index contributed by atoms with van der Waals surface area (Å²) in [5.41, 5.74) is -1.01. The Morgan fingerprint density at radius 1 is 1.04 bits per heavy atom. The number of anilines is 1. The number of aromatic nitrogens is 2. The van der Waals surface area contributed by atoms with Gasteiger partial charge in [0.1, 0.15) is 0 Å². The molecule has 0 radical (unpaired) electrons. The molecule has 0 aliphatic rings. The number of nitrogens with zero attached hydrogens (tertiary/aromatic N) is 2. The Hall–Kier alpha value is -2.56. The number of nitrogens with one attached hydrogen (secondary N) is 1. The van der Waals surface area contributed by atoms with Crippen molar-refractivity contribution < 1.29 is 31.1 Å². The Labute approximate surface area is 141 Å². The Morgan fingerprint density at radius 3 is 2.04 bits per heavy atom. The molecule has 136 valence electrons. The number of aryl methyl sites for hydroxylation is 1. The molecule has 2 aromatic rings. The normalized spacial score (nSPS) is 11.9. The Bertz CT molecular complexity index is 863. The molecule has 0 amide bonds. The number of methoxy groups -OCH3 is 2. The van der Waals surface area contributed by atoms with Crippen molar-refractivity contribution in [1.82, 2.24) is 9.97 Å². The first-order valence-corrected chi connectivity index (χ1v) is 8.23. The minimum atomic E-state index is -4.57. The average molecular weight is 377 g/mol. The van der Waals surface area contributed by atoms with Crippen LogP contribution in [0.5, 0.6) is 11.8 Å². The van der Waals surface area contributed by atoms with Gasteiger partial charge in [0.2, 0.25) is 17.7 Å². The lowest BCUT2D eigenvalue weighted by Crippen LogP contribution is -2.17. The Morgan fingerprint density at radius 2 is 1.60 bits per heavy atom. The monoisotopic (exact) mass is 377 g/mol. The second kappa shape index (κ2) is 6.75. The number of benzene rings is 1. The molecule has 0 unspecified atom stereocenters. The van der Waals surface area contributed by atoms with Gasteiger partial charge < -0.3 is 9.47 Å². The summed E-state index contributed by atoms with van der Waals surface area (Å²) in [6, 6.07) is 3.65. The third-order valence-electron chi connectivity index (χ3n) is 3.11. The summed E-state index contributed by atoms with van der Waals surface area (Å²) in [7, 11) is -1.57. The number of sulfonamides is 1. The van der Waals surface area contributed by atoms with Gasteiger partial charge in [0.05, 0.1) is 30.7 Å². The van der Waals surface area contributed by atoms with Crippen molar-refractivity contribution in [2.24, 2.45) is 0 Å². The van der Waals surface area contributed by atoms with E-state index in [1.54, 1.807) is 0 Å². The molecule has 0 aliphatic heterocycles. The van der Waals surface area contributed by atoms with E-state index in [1.165, 1.54) is 27.2 Å². The van der Waals surface area contributed by atoms with E-state index in [0.29, 0.717) is 6.07 Å². The van der Waals surface area contributed by atoms with E-state index >= 15 is 0 Å². The molecule has 1 aromatic carbocycles. The largest absolute Gasteiger partial charge is 0.481 e. The molecule has 25 heavy (non-hydrogen) atoms. The zero-order valence-electron chi connectivity index (χ0n) is 13.4. The van der Waals surface area contributed by atoms with Crippen LogP contribution in [-0.2, 0) is 16.2 Å². The predicted octanol–water partition coefficient (Wildman–Crippen LogP) is 2.62. The number of ether oxygens (including phenoxy) is 2. The lowest BCUT2D eigenvalue weighted by molar-refractivity contribution is -0.137. The van der Waals surface area contributed by atoms with Gasteiger partial charge in [-0.25, -0.2) is 13.1 Å². The first kappa shape index (κ1) is 18.8. The maximum Gasteiger partial charge on any atom is 0.416 e. The van der Waals surface area contributed by atoms with Crippen LogP contribution in [0.15, 0.2) is 29.2 Å². The highest BCUT2D eigenvalue weighted by Gasteiger charge is 2.31. The fourth-order valence-electron chi connectivity index (χ4n) is 1.96. The second-order valence-electron chi connectivity index (χ2n) is 4.86. The average Bonchev–Trinajstić information content (AvgIpc) is 2.52. The zero-order valence-corrected chi connectivity index (χ0v) is 14.2. The van der Waals surface area contributed by atoms with Crippen LogP contribution in [0.1, 0.15) is 11.1 Å². The summed E-state index contributed by atoms with van der Waals surface area (Å²) in [6.45, 7) is 1.26. The molecule has 11 heteroatoms. The van der Waals surface area contributed by atoms with Crippen molar-refractivity contribution in [2.75, 3.05) is 18.9 Å². The molecule has 1 N–H and O–H groups in total. The summed E-state index contributed by atoms with van der Waals surface area (Å²) in [5.74, 6) is -0.238. The zero-order chi connectivity index (χ0) is 18.8. The molecule has 7 nitrogen and oxygen atoms in total. The van der Waals surface area contributed by atoms with Crippen LogP contribution in [0, 0.1) is 6.92 Å². The van der Waals surface area contributed by atoms with Gasteiger partial charge in [-0.15, -0.1) is 0 Å². The van der Waals surface area contributed by atoms with Gasteiger partial charge in [-0.05, 0) is 30.7 Å². The highest BCUT2D eigenvalue weighted by molar-refractivity contribution is 7.92. The minimum Gasteiger partial charge on any atom is -0.481 e. The Kier molecular flexibility index (Phi) is 5.07. The quantitative estimate of drug-likeness (QED) is 0.862. The molecule has 0 saturated carbocycles. The Balaban J connectivity index is 2.40. The smallest absolute Gasteiger partial charge is 0.416 e. The van der Waals surface area contributed by atoms with Gasteiger partial charge >= 0.3 is 6.18 Å². The summed E-state index contributed by atoms with van der Waals surface area (Å²) in [4.78, 5) is 7.30. The molecular formula is C14H14F3N3O4S. The topological polar surface area (TPSA) is 90.4 Å². The lowest BCUT2D eigenvalue weighted by atomic mass is 10.1. The van der Waals surface area contributed by atoms with E-state index in [4.69, 9.17) is 9.47 Å². The van der Waals surface area contributed by atoms with E-state index in [-0.39, 0.29) is 28.2 Å². The molecule has 1 heterocycles. The third-order valence-corrected chi connectivity index (χ3v) is 4.60. The molecule has 1 aromatic heterocycles. The minimum absolute atomic E-state index is 0.0497. The maximum atomic E-state index is 12.7. The molecule has 0 fully saturated rings. The standard InChI is InChI=1S/C14H14F3N3O4S/c1-8-6-9(14(15,16)17)4-5-10(8)25(21,22)20-13-18-11(23-2)7-12(19-13)24-3/h4-7H,1-3H3,(H,18,19,20). The maximum absolute atomic E-state index is 12.7. The first-order chi connectivity index (χ1) is 11.6. The van der Waals surface area contributed by atoms with Crippen molar-refractivity contribution in [1.29, 1.82) is 0 Å². The molecule has 0 saturated heterocycles. The van der Waals surface area contributed by atoms with E-state index in [1.807, 2.05) is 0 Å². The summed E-state index contributed by atoms with van der Waals surface area (Å²) in [6.07, 6.45) is -4.57. The number of rotatable bonds is 5. The number of halogens is 3. The summed E-state index contributed by atoms with van der Waals surface area (Å²) >= 11 is 0. The van der Waals surface area contributed by atoms with Crippen molar-refractivity contribution in [2.45, 2.75) is 18.0 Å². The number of alkyl halides is 3. The molecule has 0 spiro atoms. The van der Waals surface area contributed by atoms with Crippen LogP contribution in [0.25, 0.3) is 0 Å². The van der Waals surface area contributed by atoms with Crippen LogP contribution in [0.2, 0.25) is 0 Å². The predicted molar refractivity (Wildman–Crippen MR) is 82.1 cm³/mol. The van der Waals surface area contributed by atoms with Crippen LogP contribution in [0.4, 0.5) is 19.1 Å². The van der Waals surface area contributed by atoms with Crippen molar-refractivity contribution in [3.05, 3.63) is 35.4 Å². The SMILES string of the molecule is COc1cc(OC)nc(NS(=O)(=O)c2ccc(C(F)(F)F)cc2C)n1. The van der Waals surface area contributed by atoms with Crippen LogP contribution in [-0.4, -0.2) is 32.6 Å². The van der Waals surface area contributed by atoms with E-state index in [0.717, 1.165) is 12.1 Å². The van der Waals surface area contributed by atoms with Gasteiger partial charge in [-0.3, -0.25) is 0 Å². The second-order valence-corrected chi connectivity index (χ2v) is 6.51. The number of hydrogen-bond donors (Lipinski definition) is 1. The first-order valence-electron chi connectivity index (χ1n) is 6.74. The molecular weight excluding hydrogens is 363 g/mol. The molecule has 0 atom stereocenters. The van der Waals surface area contributed by atoms with Crippen molar-refractivity contribution in [3.8, 4) is 11.8 Å². The molecule has 0 aliphatic carbocycles. The van der Waals surface area contributed by atoms with Crippen molar-refractivity contribution in [3.63, 3.8) is 0 Å². The third kappa shape index (κ3) is 4.29. The van der Waals surface area contributed by atoms with Gasteiger partial charge in [-0.1, -0.05) is 0 Å². The van der Waals surface area contributed by atoms with Gasteiger partial charge in [0.15, 0.2) is 0 Å². The van der Waals surface area contributed by atoms with E-state index in [9.17, 15) is 21.6 Å².